The van der Waals surface area contributed by atoms with E-state index in [-0.39, 0.29) is 5.91 Å². The van der Waals surface area contributed by atoms with Gasteiger partial charge in [0.15, 0.2) is 0 Å². The zero-order valence-corrected chi connectivity index (χ0v) is 15.9. The maximum atomic E-state index is 12.6. The van der Waals surface area contributed by atoms with E-state index in [1.54, 1.807) is 22.1 Å². The first-order valence-electron chi connectivity index (χ1n) is 9.33. The average molecular weight is 366 g/mol. The van der Waals surface area contributed by atoms with Gasteiger partial charge in [-0.15, -0.1) is 0 Å². The summed E-state index contributed by atoms with van der Waals surface area (Å²) < 4.78 is 0. The SMILES string of the molecule is CC(C)N(Cc1ccccc1)c1ccc(C(=O)N2CCN(C=O)CC2)nc1. The van der Waals surface area contributed by atoms with Crippen LogP contribution in [-0.4, -0.2) is 59.3 Å². The molecule has 6 heteroatoms. The number of piperazine rings is 1. The van der Waals surface area contributed by atoms with E-state index in [0.717, 1.165) is 18.6 Å². The minimum Gasteiger partial charge on any atom is -0.364 e. The van der Waals surface area contributed by atoms with Gasteiger partial charge in [0.2, 0.25) is 6.41 Å². The topological polar surface area (TPSA) is 56.8 Å². The second-order valence-corrected chi connectivity index (χ2v) is 7.04. The Labute approximate surface area is 160 Å². The molecule has 1 fully saturated rings. The highest BCUT2D eigenvalue weighted by Crippen LogP contribution is 2.20. The van der Waals surface area contributed by atoms with E-state index in [1.165, 1.54) is 5.56 Å². The van der Waals surface area contributed by atoms with Crippen molar-refractivity contribution in [1.82, 2.24) is 14.8 Å². The quantitative estimate of drug-likeness (QED) is 0.737. The van der Waals surface area contributed by atoms with Crippen molar-refractivity contribution in [2.75, 3.05) is 31.1 Å². The lowest BCUT2D eigenvalue weighted by Gasteiger charge is -2.32. The van der Waals surface area contributed by atoms with Crippen LogP contribution in [0.1, 0.15) is 29.9 Å². The number of benzene rings is 1. The van der Waals surface area contributed by atoms with Gasteiger partial charge < -0.3 is 14.7 Å². The second kappa shape index (κ2) is 8.66. The molecule has 142 valence electrons. The van der Waals surface area contributed by atoms with Gasteiger partial charge in [-0.05, 0) is 31.5 Å². The van der Waals surface area contributed by atoms with Gasteiger partial charge in [0.25, 0.3) is 5.91 Å². The molecule has 0 unspecified atom stereocenters. The number of pyridine rings is 1. The number of carbonyl (C=O) groups is 2. The van der Waals surface area contributed by atoms with Crippen LogP contribution in [0.3, 0.4) is 0 Å². The number of carbonyl (C=O) groups excluding carboxylic acids is 2. The summed E-state index contributed by atoms with van der Waals surface area (Å²) >= 11 is 0. The van der Waals surface area contributed by atoms with E-state index in [9.17, 15) is 9.59 Å². The Bertz CT molecular complexity index is 754. The molecule has 1 aliphatic heterocycles. The molecule has 2 amide bonds. The molecule has 3 rings (SSSR count). The molecular weight excluding hydrogens is 340 g/mol. The van der Waals surface area contributed by atoms with Crippen molar-refractivity contribution in [2.24, 2.45) is 0 Å². The van der Waals surface area contributed by atoms with Crippen LogP contribution in [0.25, 0.3) is 0 Å². The Balaban J connectivity index is 1.69. The molecule has 27 heavy (non-hydrogen) atoms. The lowest BCUT2D eigenvalue weighted by Crippen LogP contribution is -2.48. The minimum atomic E-state index is -0.0775. The Morgan fingerprint density at radius 1 is 1.11 bits per heavy atom. The van der Waals surface area contributed by atoms with Crippen molar-refractivity contribution in [3.63, 3.8) is 0 Å². The van der Waals surface area contributed by atoms with E-state index >= 15 is 0 Å². The normalized spacial score (nSPS) is 14.3. The van der Waals surface area contributed by atoms with Crippen molar-refractivity contribution in [3.8, 4) is 0 Å². The van der Waals surface area contributed by atoms with E-state index in [1.807, 2.05) is 24.3 Å². The molecule has 1 aromatic heterocycles. The van der Waals surface area contributed by atoms with Gasteiger partial charge in [0.1, 0.15) is 5.69 Å². The minimum absolute atomic E-state index is 0.0775. The number of amides is 2. The highest BCUT2D eigenvalue weighted by Gasteiger charge is 2.22. The molecule has 0 aliphatic carbocycles. The summed E-state index contributed by atoms with van der Waals surface area (Å²) in [6.07, 6.45) is 2.61. The van der Waals surface area contributed by atoms with E-state index in [2.05, 4.69) is 35.9 Å². The molecule has 2 aromatic rings. The lowest BCUT2D eigenvalue weighted by molar-refractivity contribution is -0.119. The Hall–Kier alpha value is -2.89. The van der Waals surface area contributed by atoms with Crippen molar-refractivity contribution in [2.45, 2.75) is 26.4 Å². The Kier molecular flexibility index (Phi) is 6.06. The van der Waals surface area contributed by atoms with Gasteiger partial charge in [0, 0.05) is 38.8 Å². The molecule has 1 saturated heterocycles. The molecule has 0 bridgehead atoms. The summed E-state index contributed by atoms with van der Waals surface area (Å²) in [6, 6.07) is 14.4. The standard InChI is InChI=1S/C21H26N4O2/c1-17(2)25(15-18-6-4-3-5-7-18)19-8-9-20(22-14-19)21(27)24-12-10-23(16-26)11-13-24/h3-9,14,16-17H,10-13,15H2,1-2H3. The third-order valence-corrected chi connectivity index (χ3v) is 4.87. The van der Waals surface area contributed by atoms with E-state index in [4.69, 9.17) is 0 Å². The van der Waals surface area contributed by atoms with Gasteiger partial charge in [-0.25, -0.2) is 4.98 Å². The molecule has 1 aliphatic rings. The number of hydrogen-bond donors (Lipinski definition) is 0. The van der Waals surface area contributed by atoms with Crippen molar-refractivity contribution in [3.05, 3.63) is 59.9 Å². The van der Waals surface area contributed by atoms with Crippen molar-refractivity contribution in [1.29, 1.82) is 0 Å². The van der Waals surface area contributed by atoms with Crippen LogP contribution in [0, 0.1) is 0 Å². The average Bonchev–Trinajstić information content (AvgIpc) is 2.72. The molecule has 0 atom stereocenters. The third-order valence-electron chi connectivity index (χ3n) is 4.87. The number of aromatic nitrogens is 1. The van der Waals surface area contributed by atoms with Crippen molar-refractivity contribution < 1.29 is 9.59 Å². The Morgan fingerprint density at radius 3 is 2.37 bits per heavy atom. The Morgan fingerprint density at radius 2 is 1.81 bits per heavy atom. The van der Waals surface area contributed by atoms with Gasteiger partial charge in [-0.1, -0.05) is 30.3 Å². The summed E-state index contributed by atoms with van der Waals surface area (Å²) in [5.74, 6) is -0.0775. The van der Waals surface area contributed by atoms with Gasteiger partial charge in [-0.3, -0.25) is 9.59 Å². The summed E-state index contributed by atoms with van der Waals surface area (Å²) in [5.41, 5.74) is 2.68. The zero-order chi connectivity index (χ0) is 19.2. The van der Waals surface area contributed by atoms with Crippen LogP contribution < -0.4 is 4.90 Å². The van der Waals surface area contributed by atoms with E-state index in [0.29, 0.717) is 37.9 Å². The first-order chi connectivity index (χ1) is 13.1. The third kappa shape index (κ3) is 4.64. The smallest absolute Gasteiger partial charge is 0.272 e. The van der Waals surface area contributed by atoms with E-state index < -0.39 is 0 Å². The zero-order valence-electron chi connectivity index (χ0n) is 15.9. The number of rotatable bonds is 6. The van der Waals surface area contributed by atoms with Crippen LogP contribution in [0.4, 0.5) is 5.69 Å². The second-order valence-electron chi connectivity index (χ2n) is 7.04. The predicted octanol–water partition coefficient (Wildman–Crippen LogP) is 2.41. The maximum absolute atomic E-state index is 12.6. The molecule has 2 heterocycles. The van der Waals surface area contributed by atoms with Crippen molar-refractivity contribution >= 4 is 18.0 Å². The van der Waals surface area contributed by atoms with Crippen LogP contribution in [-0.2, 0) is 11.3 Å². The highest BCUT2D eigenvalue weighted by molar-refractivity contribution is 5.92. The lowest BCUT2D eigenvalue weighted by atomic mass is 10.1. The monoisotopic (exact) mass is 366 g/mol. The summed E-state index contributed by atoms with van der Waals surface area (Å²) in [6.45, 7) is 7.33. The molecule has 0 spiro atoms. The number of anilines is 1. The van der Waals surface area contributed by atoms with Crippen LogP contribution >= 0.6 is 0 Å². The number of hydrogen-bond acceptors (Lipinski definition) is 4. The van der Waals surface area contributed by atoms with Gasteiger partial charge >= 0.3 is 0 Å². The highest BCUT2D eigenvalue weighted by atomic mass is 16.2. The van der Waals surface area contributed by atoms with Gasteiger partial charge in [-0.2, -0.15) is 0 Å². The molecule has 1 aromatic carbocycles. The molecule has 0 N–H and O–H groups in total. The molecule has 6 nitrogen and oxygen atoms in total. The van der Waals surface area contributed by atoms with Gasteiger partial charge in [0.05, 0.1) is 11.9 Å². The van der Waals surface area contributed by atoms with Crippen LogP contribution in [0.15, 0.2) is 48.7 Å². The molecule has 0 radical (unpaired) electrons. The van der Waals surface area contributed by atoms with Crippen LogP contribution in [0.2, 0.25) is 0 Å². The number of nitrogens with zero attached hydrogens (tertiary/aromatic N) is 4. The fraction of sp³-hybridized carbons (Fsp3) is 0.381. The fourth-order valence-electron chi connectivity index (χ4n) is 3.23. The predicted molar refractivity (Wildman–Crippen MR) is 106 cm³/mol. The molecule has 0 saturated carbocycles. The summed E-state index contributed by atoms with van der Waals surface area (Å²) in [7, 11) is 0. The summed E-state index contributed by atoms with van der Waals surface area (Å²) in [5, 5.41) is 0. The first kappa shape index (κ1) is 18.9. The van der Waals surface area contributed by atoms with Crippen LogP contribution in [0.5, 0.6) is 0 Å². The largest absolute Gasteiger partial charge is 0.364 e. The maximum Gasteiger partial charge on any atom is 0.272 e. The molecular formula is C21H26N4O2. The first-order valence-corrected chi connectivity index (χ1v) is 9.33. The fourth-order valence-corrected chi connectivity index (χ4v) is 3.23. The summed E-state index contributed by atoms with van der Waals surface area (Å²) in [4.78, 5) is 33.6.